The largest absolute Gasteiger partial charge is 0.478 e. The summed E-state index contributed by atoms with van der Waals surface area (Å²) in [6.45, 7) is 3.86. The third kappa shape index (κ3) is 2.55. The number of nitrogens with zero attached hydrogens (tertiary/aromatic N) is 1. The zero-order valence-corrected chi connectivity index (χ0v) is 11.0. The highest BCUT2D eigenvalue weighted by atomic mass is 19.1. The lowest BCUT2D eigenvalue weighted by Crippen LogP contribution is -2.44. The van der Waals surface area contributed by atoms with Crippen LogP contribution >= 0.6 is 0 Å². The monoisotopic (exact) mass is 269 g/mol. The smallest absolute Gasteiger partial charge is 0.335 e. The number of hydrogen-bond acceptors (Lipinski definition) is 2. The van der Waals surface area contributed by atoms with Crippen LogP contribution in [0.4, 0.5) is 14.5 Å². The highest BCUT2D eigenvalue weighted by Crippen LogP contribution is 2.33. The summed E-state index contributed by atoms with van der Waals surface area (Å²) in [5, 5.41) is 8.79. The van der Waals surface area contributed by atoms with Crippen LogP contribution < -0.4 is 4.90 Å². The zero-order chi connectivity index (χ0) is 14.2. The van der Waals surface area contributed by atoms with E-state index >= 15 is 0 Å². The molecule has 5 heteroatoms. The van der Waals surface area contributed by atoms with Crippen LogP contribution in [-0.4, -0.2) is 23.2 Å². The quantitative estimate of drug-likeness (QED) is 0.894. The van der Waals surface area contributed by atoms with Crippen LogP contribution in [0, 0.1) is 11.6 Å². The molecular formula is C14H17F2NO2. The van der Waals surface area contributed by atoms with E-state index in [2.05, 4.69) is 0 Å². The van der Waals surface area contributed by atoms with Crippen molar-refractivity contribution in [1.82, 2.24) is 0 Å². The molecule has 0 spiro atoms. The maximum absolute atomic E-state index is 14.1. The highest BCUT2D eigenvalue weighted by Gasteiger charge is 2.30. The third-order valence-electron chi connectivity index (χ3n) is 3.72. The van der Waals surface area contributed by atoms with Crippen LogP contribution in [0.5, 0.6) is 0 Å². The molecule has 0 bridgehead atoms. The number of rotatable bonds is 2. The Hall–Kier alpha value is -1.65. The van der Waals surface area contributed by atoms with Gasteiger partial charge in [-0.1, -0.05) is 0 Å². The fourth-order valence-corrected chi connectivity index (χ4v) is 2.80. The summed E-state index contributed by atoms with van der Waals surface area (Å²) in [5.41, 5.74) is -0.472. The minimum Gasteiger partial charge on any atom is -0.478 e. The molecule has 1 N–H and O–H groups in total. The van der Waals surface area contributed by atoms with Gasteiger partial charge >= 0.3 is 5.97 Å². The molecule has 0 saturated carbocycles. The van der Waals surface area contributed by atoms with E-state index < -0.39 is 17.6 Å². The summed E-state index contributed by atoms with van der Waals surface area (Å²) in [7, 11) is 0. The predicted octanol–water partition coefficient (Wildman–Crippen LogP) is 3.43. The van der Waals surface area contributed by atoms with E-state index in [4.69, 9.17) is 5.11 Å². The van der Waals surface area contributed by atoms with Crippen molar-refractivity contribution < 1.29 is 18.7 Å². The van der Waals surface area contributed by atoms with Gasteiger partial charge in [0, 0.05) is 12.1 Å². The Bertz CT molecular complexity index is 471. The van der Waals surface area contributed by atoms with Crippen LogP contribution in [0.15, 0.2) is 12.1 Å². The van der Waals surface area contributed by atoms with Gasteiger partial charge in [0.15, 0.2) is 0 Å². The van der Waals surface area contributed by atoms with Crippen molar-refractivity contribution in [2.45, 2.75) is 45.2 Å². The molecule has 0 unspecified atom stereocenters. The SMILES string of the molecule is C[C@@H]1CCC[C@H](C)N1c1c(F)cc(C(=O)O)cc1F. The van der Waals surface area contributed by atoms with Gasteiger partial charge in [0.1, 0.15) is 17.3 Å². The maximum Gasteiger partial charge on any atom is 0.335 e. The highest BCUT2D eigenvalue weighted by molar-refractivity contribution is 5.88. The molecule has 1 saturated heterocycles. The molecule has 2 rings (SSSR count). The number of carbonyl (C=O) groups is 1. The number of carboxylic acid groups (broad SMARTS) is 1. The van der Waals surface area contributed by atoms with Crippen LogP contribution in [0.1, 0.15) is 43.5 Å². The van der Waals surface area contributed by atoms with Gasteiger partial charge in [0.2, 0.25) is 0 Å². The van der Waals surface area contributed by atoms with Crippen molar-refractivity contribution in [2.24, 2.45) is 0 Å². The summed E-state index contributed by atoms with van der Waals surface area (Å²) in [5.74, 6) is -2.94. The number of benzene rings is 1. The molecule has 1 aromatic rings. The van der Waals surface area contributed by atoms with Gasteiger partial charge < -0.3 is 10.0 Å². The summed E-state index contributed by atoms with van der Waals surface area (Å²) < 4.78 is 28.1. The lowest BCUT2D eigenvalue weighted by atomic mass is 9.96. The summed E-state index contributed by atoms with van der Waals surface area (Å²) in [6, 6.07) is 1.86. The number of halogens is 2. The Morgan fingerprint density at radius 3 is 2.11 bits per heavy atom. The lowest BCUT2D eigenvalue weighted by molar-refractivity contribution is 0.0696. The molecule has 0 aliphatic carbocycles. The number of aromatic carboxylic acids is 1. The number of hydrogen-bond donors (Lipinski definition) is 1. The Morgan fingerprint density at radius 1 is 1.21 bits per heavy atom. The standard InChI is InChI=1S/C14H17F2NO2/c1-8-4-3-5-9(2)17(8)13-11(15)6-10(14(18)19)7-12(13)16/h6-9H,3-5H2,1-2H3,(H,18,19)/t8-,9+. The van der Waals surface area contributed by atoms with Crippen LogP contribution in [0.3, 0.4) is 0 Å². The Balaban J connectivity index is 2.47. The van der Waals surface area contributed by atoms with E-state index in [1.54, 1.807) is 4.90 Å². The number of piperidine rings is 1. The van der Waals surface area contributed by atoms with E-state index in [9.17, 15) is 13.6 Å². The van der Waals surface area contributed by atoms with Gasteiger partial charge in [-0.05, 0) is 45.2 Å². The molecule has 1 fully saturated rings. The predicted molar refractivity (Wildman–Crippen MR) is 68.6 cm³/mol. The normalized spacial score (nSPS) is 23.5. The van der Waals surface area contributed by atoms with Gasteiger partial charge in [0.25, 0.3) is 0 Å². The fraction of sp³-hybridized carbons (Fsp3) is 0.500. The van der Waals surface area contributed by atoms with E-state index in [1.807, 2.05) is 13.8 Å². The molecule has 0 radical (unpaired) electrons. The molecule has 1 aliphatic rings. The van der Waals surface area contributed by atoms with Crippen LogP contribution in [0.2, 0.25) is 0 Å². The van der Waals surface area contributed by atoms with E-state index in [1.165, 1.54) is 0 Å². The average Bonchev–Trinajstić information content (AvgIpc) is 2.31. The molecule has 1 heterocycles. The number of carboxylic acids is 1. The molecule has 1 aliphatic heterocycles. The second-order valence-electron chi connectivity index (χ2n) is 5.13. The van der Waals surface area contributed by atoms with Gasteiger partial charge in [0.05, 0.1) is 5.56 Å². The zero-order valence-electron chi connectivity index (χ0n) is 11.0. The minimum absolute atomic E-state index is 0.0448. The van der Waals surface area contributed by atoms with Crippen LogP contribution in [-0.2, 0) is 0 Å². The average molecular weight is 269 g/mol. The van der Waals surface area contributed by atoms with E-state index in [-0.39, 0.29) is 23.3 Å². The summed E-state index contributed by atoms with van der Waals surface area (Å²) in [6.07, 6.45) is 2.79. The van der Waals surface area contributed by atoms with Gasteiger partial charge in [-0.2, -0.15) is 0 Å². The van der Waals surface area contributed by atoms with Gasteiger partial charge in [-0.15, -0.1) is 0 Å². The maximum atomic E-state index is 14.1. The van der Waals surface area contributed by atoms with Crippen molar-refractivity contribution in [2.75, 3.05) is 4.90 Å². The molecule has 2 atom stereocenters. The molecule has 3 nitrogen and oxygen atoms in total. The molecule has 104 valence electrons. The van der Waals surface area contributed by atoms with Crippen molar-refractivity contribution in [1.29, 1.82) is 0 Å². The minimum atomic E-state index is -1.33. The van der Waals surface area contributed by atoms with Gasteiger partial charge in [-0.25, -0.2) is 13.6 Å². The molecule has 0 amide bonds. The van der Waals surface area contributed by atoms with Crippen LogP contribution in [0.25, 0.3) is 0 Å². The topological polar surface area (TPSA) is 40.5 Å². The Kier molecular flexibility index (Phi) is 3.73. The molecule has 0 aromatic heterocycles. The van der Waals surface area contributed by atoms with Crippen molar-refractivity contribution in [3.8, 4) is 0 Å². The van der Waals surface area contributed by atoms with Crippen molar-refractivity contribution in [3.63, 3.8) is 0 Å². The summed E-state index contributed by atoms with van der Waals surface area (Å²) >= 11 is 0. The number of anilines is 1. The first-order valence-electron chi connectivity index (χ1n) is 6.42. The first kappa shape index (κ1) is 13.8. The third-order valence-corrected chi connectivity index (χ3v) is 3.72. The Labute approximate surface area is 110 Å². The summed E-state index contributed by atoms with van der Waals surface area (Å²) in [4.78, 5) is 12.5. The van der Waals surface area contributed by atoms with Crippen molar-refractivity contribution >= 4 is 11.7 Å². The Morgan fingerprint density at radius 2 is 1.68 bits per heavy atom. The van der Waals surface area contributed by atoms with E-state index in [0.29, 0.717) is 0 Å². The second kappa shape index (κ2) is 5.15. The first-order chi connectivity index (χ1) is 8.91. The fourth-order valence-electron chi connectivity index (χ4n) is 2.80. The second-order valence-corrected chi connectivity index (χ2v) is 5.13. The first-order valence-corrected chi connectivity index (χ1v) is 6.42. The molecule has 19 heavy (non-hydrogen) atoms. The van der Waals surface area contributed by atoms with Crippen molar-refractivity contribution in [3.05, 3.63) is 29.3 Å². The molecular weight excluding hydrogens is 252 g/mol. The van der Waals surface area contributed by atoms with E-state index in [0.717, 1.165) is 31.4 Å². The lowest BCUT2D eigenvalue weighted by Gasteiger charge is -2.41. The van der Waals surface area contributed by atoms with Gasteiger partial charge in [-0.3, -0.25) is 0 Å². The molecule has 1 aromatic carbocycles.